The fourth-order valence-corrected chi connectivity index (χ4v) is 2.48. The molecule has 0 atom stereocenters. The van der Waals surface area contributed by atoms with E-state index in [2.05, 4.69) is 10.6 Å². The number of fused-ring (bicyclic) bond motifs is 1. The molecule has 0 aromatic heterocycles. The van der Waals surface area contributed by atoms with Crippen LogP contribution >= 0.6 is 0 Å². The summed E-state index contributed by atoms with van der Waals surface area (Å²) in [4.78, 5) is 23.7. The van der Waals surface area contributed by atoms with E-state index < -0.39 is 0 Å². The van der Waals surface area contributed by atoms with Gasteiger partial charge in [-0.15, -0.1) is 0 Å². The van der Waals surface area contributed by atoms with Crippen LogP contribution in [0.25, 0.3) is 0 Å². The Morgan fingerprint density at radius 2 is 1.60 bits per heavy atom. The van der Waals surface area contributed by atoms with Gasteiger partial charge in [0.1, 0.15) is 13.2 Å². The summed E-state index contributed by atoms with van der Waals surface area (Å²) in [6.07, 6.45) is 0.260. The van der Waals surface area contributed by atoms with E-state index in [0.29, 0.717) is 25.5 Å². The zero-order valence-corrected chi connectivity index (χ0v) is 13.8. The highest BCUT2D eigenvalue weighted by atomic mass is 16.6. The van der Waals surface area contributed by atoms with E-state index in [0.717, 1.165) is 16.9 Å². The maximum absolute atomic E-state index is 11.9. The second-order valence-corrected chi connectivity index (χ2v) is 5.69. The van der Waals surface area contributed by atoms with Crippen LogP contribution in [0.5, 0.6) is 11.5 Å². The Labute approximate surface area is 146 Å². The predicted molar refractivity (Wildman–Crippen MR) is 92.4 cm³/mol. The summed E-state index contributed by atoms with van der Waals surface area (Å²) in [5.74, 6) is 0.987. The van der Waals surface area contributed by atoms with E-state index in [1.807, 2.05) is 48.5 Å². The highest BCUT2D eigenvalue weighted by Gasteiger charge is 2.12. The Hall–Kier alpha value is -3.02. The summed E-state index contributed by atoms with van der Waals surface area (Å²) >= 11 is 0. The topological polar surface area (TPSA) is 76.7 Å². The van der Waals surface area contributed by atoms with E-state index in [1.165, 1.54) is 0 Å². The fourth-order valence-electron chi connectivity index (χ4n) is 2.48. The molecule has 1 aliphatic rings. The van der Waals surface area contributed by atoms with Gasteiger partial charge in [-0.05, 0) is 23.3 Å². The van der Waals surface area contributed by atoms with Gasteiger partial charge in [-0.25, -0.2) is 0 Å². The van der Waals surface area contributed by atoms with Gasteiger partial charge in [-0.1, -0.05) is 36.4 Å². The highest BCUT2D eigenvalue weighted by molar-refractivity contribution is 5.85. The van der Waals surface area contributed by atoms with Gasteiger partial charge in [0, 0.05) is 6.54 Å². The van der Waals surface area contributed by atoms with Gasteiger partial charge < -0.3 is 20.1 Å². The summed E-state index contributed by atoms with van der Waals surface area (Å²) < 4.78 is 11.0. The highest BCUT2D eigenvalue weighted by Crippen LogP contribution is 2.30. The summed E-state index contributed by atoms with van der Waals surface area (Å²) in [6, 6.07) is 15.0. The SMILES string of the molecule is O=C(CNC(=O)Cc1ccccc1)NCc1ccc2c(c1)OCCO2. The zero-order valence-electron chi connectivity index (χ0n) is 13.8. The monoisotopic (exact) mass is 340 g/mol. The molecule has 6 heteroatoms. The minimum atomic E-state index is -0.240. The number of carbonyl (C=O) groups is 2. The Bertz CT molecular complexity index is 746. The minimum Gasteiger partial charge on any atom is -0.486 e. The Morgan fingerprint density at radius 1 is 0.840 bits per heavy atom. The minimum absolute atomic E-state index is 0.0454. The third-order valence-corrected chi connectivity index (χ3v) is 3.75. The van der Waals surface area contributed by atoms with Gasteiger partial charge in [0.2, 0.25) is 11.8 Å². The van der Waals surface area contributed by atoms with E-state index >= 15 is 0 Å². The zero-order chi connectivity index (χ0) is 17.5. The van der Waals surface area contributed by atoms with Crippen molar-refractivity contribution < 1.29 is 19.1 Å². The first-order valence-corrected chi connectivity index (χ1v) is 8.16. The Morgan fingerprint density at radius 3 is 2.40 bits per heavy atom. The molecule has 0 saturated heterocycles. The molecule has 0 aliphatic carbocycles. The molecule has 0 saturated carbocycles. The van der Waals surface area contributed by atoms with Crippen molar-refractivity contribution in [1.82, 2.24) is 10.6 Å². The normalized spacial score (nSPS) is 12.3. The standard InChI is InChI=1S/C19H20N2O4/c22-18(11-14-4-2-1-3-5-14)21-13-19(23)20-12-15-6-7-16-17(10-15)25-9-8-24-16/h1-7,10H,8-9,11-13H2,(H,20,23)(H,21,22). The largest absolute Gasteiger partial charge is 0.486 e. The quantitative estimate of drug-likeness (QED) is 0.834. The fraction of sp³-hybridized carbons (Fsp3) is 0.263. The van der Waals surface area contributed by atoms with Crippen molar-refractivity contribution in [2.45, 2.75) is 13.0 Å². The van der Waals surface area contributed by atoms with E-state index in [9.17, 15) is 9.59 Å². The lowest BCUT2D eigenvalue weighted by molar-refractivity contribution is -0.125. The molecule has 3 rings (SSSR count). The number of hydrogen-bond donors (Lipinski definition) is 2. The van der Waals surface area contributed by atoms with Crippen molar-refractivity contribution in [3.8, 4) is 11.5 Å². The second-order valence-electron chi connectivity index (χ2n) is 5.69. The predicted octanol–water partition coefficient (Wildman–Crippen LogP) is 1.43. The van der Waals surface area contributed by atoms with Crippen LogP contribution in [0.3, 0.4) is 0 Å². The summed E-state index contributed by atoms with van der Waals surface area (Å²) in [7, 11) is 0. The first kappa shape index (κ1) is 16.8. The van der Waals surface area contributed by atoms with Gasteiger partial charge in [0.15, 0.2) is 11.5 Å². The van der Waals surface area contributed by atoms with Gasteiger partial charge in [-0.3, -0.25) is 9.59 Å². The van der Waals surface area contributed by atoms with Crippen molar-refractivity contribution in [3.63, 3.8) is 0 Å². The Balaban J connectivity index is 1.41. The van der Waals surface area contributed by atoms with Gasteiger partial charge in [0.05, 0.1) is 13.0 Å². The molecule has 130 valence electrons. The van der Waals surface area contributed by atoms with Crippen LogP contribution in [0.4, 0.5) is 0 Å². The number of ether oxygens (including phenoxy) is 2. The third-order valence-electron chi connectivity index (χ3n) is 3.75. The van der Waals surface area contributed by atoms with Gasteiger partial charge in [0.25, 0.3) is 0 Å². The van der Waals surface area contributed by atoms with Crippen molar-refractivity contribution in [1.29, 1.82) is 0 Å². The van der Waals surface area contributed by atoms with Crippen molar-refractivity contribution in [2.75, 3.05) is 19.8 Å². The number of amides is 2. The maximum atomic E-state index is 11.9. The van der Waals surface area contributed by atoms with E-state index in [4.69, 9.17) is 9.47 Å². The molecule has 25 heavy (non-hydrogen) atoms. The molecule has 2 amide bonds. The molecule has 2 N–H and O–H groups in total. The van der Waals surface area contributed by atoms with Crippen LogP contribution in [-0.4, -0.2) is 31.6 Å². The molecule has 0 spiro atoms. The Kier molecular flexibility index (Phi) is 5.51. The van der Waals surface area contributed by atoms with Gasteiger partial charge >= 0.3 is 0 Å². The molecule has 0 radical (unpaired) electrons. The lowest BCUT2D eigenvalue weighted by Crippen LogP contribution is -2.37. The van der Waals surface area contributed by atoms with Crippen molar-refractivity contribution >= 4 is 11.8 Å². The molecule has 1 heterocycles. The molecule has 6 nitrogen and oxygen atoms in total. The molecule has 1 aliphatic heterocycles. The van der Waals surface area contributed by atoms with Crippen LogP contribution in [-0.2, 0) is 22.6 Å². The first-order chi connectivity index (χ1) is 12.2. The molecular weight excluding hydrogens is 320 g/mol. The van der Waals surface area contributed by atoms with Crippen LogP contribution < -0.4 is 20.1 Å². The van der Waals surface area contributed by atoms with Crippen LogP contribution in [0.15, 0.2) is 48.5 Å². The molecule has 2 aromatic rings. The molecule has 0 bridgehead atoms. The number of benzene rings is 2. The molecule has 0 fully saturated rings. The van der Waals surface area contributed by atoms with E-state index in [-0.39, 0.29) is 24.8 Å². The van der Waals surface area contributed by atoms with Crippen molar-refractivity contribution in [2.24, 2.45) is 0 Å². The smallest absolute Gasteiger partial charge is 0.239 e. The van der Waals surface area contributed by atoms with Gasteiger partial charge in [-0.2, -0.15) is 0 Å². The molecule has 0 unspecified atom stereocenters. The third kappa shape index (κ3) is 4.97. The average Bonchev–Trinajstić information content (AvgIpc) is 2.65. The molecule has 2 aromatic carbocycles. The lowest BCUT2D eigenvalue weighted by Gasteiger charge is -2.19. The van der Waals surface area contributed by atoms with Crippen LogP contribution in [0.2, 0.25) is 0 Å². The number of rotatable bonds is 6. The van der Waals surface area contributed by atoms with Crippen LogP contribution in [0, 0.1) is 0 Å². The van der Waals surface area contributed by atoms with Crippen LogP contribution in [0.1, 0.15) is 11.1 Å². The second kappa shape index (κ2) is 8.19. The summed E-state index contributed by atoms with van der Waals surface area (Å²) in [5.41, 5.74) is 1.82. The lowest BCUT2D eigenvalue weighted by atomic mass is 10.1. The summed E-state index contributed by atoms with van der Waals surface area (Å²) in [5, 5.41) is 5.40. The summed E-state index contributed by atoms with van der Waals surface area (Å²) in [6.45, 7) is 1.39. The number of carbonyl (C=O) groups excluding carboxylic acids is 2. The number of nitrogens with one attached hydrogen (secondary N) is 2. The van der Waals surface area contributed by atoms with E-state index in [1.54, 1.807) is 0 Å². The number of hydrogen-bond acceptors (Lipinski definition) is 4. The first-order valence-electron chi connectivity index (χ1n) is 8.16. The van der Waals surface area contributed by atoms with Crippen molar-refractivity contribution in [3.05, 3.63) is 59.7 Å². The average molecular weight is 340 g/mol. The maximum Gasteiger partial charge on any atom is 0.239 e. The molecular formula is C19H20N2O4.